The zero-order valence-corrected chi connectivity index (χ0v) is 17.1. The van der Waals surface area contributed by atoms with Crippen molar-refractivity contribution in [3.63, 3.8) is 0 Å². The molecule has 0 bridgehead atoms. The van der Waals surface area contributed by atoms with Crippen molar-refractivity contribution < 1.29 is 18.7 Å². The standard InChI is InChI=1S/C21H15F2N3O2S2/c22-15-9-14(17(28)12-27)10-16(23)19(15)30-21-25-24-20(18-7-4-8-29-18)26(21)11-13-5-2-1-3-6-13/h1-10,27H,11-12H2. The van der Waals surface area contributed by atoms with E-state index in [2.05, 4.69) is 10.2 Å². The predicted molar refractivity (Wildman–Crippen MR) is 111 cm³/mol. The summed E-state index contributed by atoms with van der Waals surface area (Å²) in [4.78, 5) is 12.2. The molecule has 4 aromatic rings. The molecule has 0 aliphatic heterocycles. The van der Waals surface area contributed by atoms with Crippen LogP contribution in [-0.2, 0) is 6.54 Å². The highest BCUT2D eigenvalue weighted by molar-refractivity contribution is 7.99. The zero-order chi connectivity index (χ0) is 21.1. The van der Waals surface area contributed by atoms with Gasteiger partial charge in [-0.05, 0) is 40.9 Å². The zero-order valence-electron chi connectivity index (χ0n) is 15.5. The second-order valence-corrected chi connectivity index (χ2v) is 8.23. The number of hydrogen-bond donors (Lipinski definition) is 1. The quantitative estimate of drug-likeness (QED) is 0.421. The van der Waals surface area contributed by atoms with Crippen molar-refractivity contribution in [1.29, 1.82) is 0 Å². The number of halogens is 2. The molecule has 0 spiro atoms. The maximum Gasteiger partial charge on any atom is 0.196 e. The van der Waals surface area contributed by atoms with E-state index in [1.165, 1.54) is 11.3 Å². The van der Waals surface area contributed by atoms with Gasteiger partial charge < -0.3 is 5.11 Å². The molecule has 9 heteroatoms. The number of carbonyl (C=O) groups excluding carboxylic acids is 1. The summed E-state index contributed by atoms with van der Waals surface area (Å²) in [5, 5.41) is 19.6. The van der Waals surface area contributed by atoms with E-state index >= 15 is 0 Å². The van der Waals surface area contributed by atoms with Crippen LogP contribution in [0, 0.1) is 11.6 Å². The summed E-state index contributed by atoms with van der Waals surface area (Å²) in [5.74, 6) is -1.95. The Kier molecular flexibility index (Phi) is 6.03. The highest BCUT2D eigenvalue weighted by Gasteiger charge is 2.21. The normalized spacial score (nSPS) is 11.0. The summed E-state index contributed by atoms with van der Waals surface area (Å²) in [6, 6.07) is 15.3. The van der Waals surface area contributed by atoms with E-state index in [1.54, 1.807) is 4.57 Å². The lowest BCUT2D eigenvalue weighted by atomic mass is 10.1. The van der Waals surface area contributed by atoms with Crippen LogP contribution in [0.3, 0.4) is 0 Å². The maximum atomic E-state index is 14.6. The molecule has 0 atom stereocenters. The van der Waals surface area contributed by atoms with E-state index in [1.807, 2.05) is 47.8 Å². The Hall–Kier alpha value is -2.88. The van der Waals surface area contributed by atoms with Crippen molar-refractivity contribution in [2.75, 3.05) is 6.61 Å². The summed E-state index contributed by atoms with van der Waals surface area (Å²) >= 11 is 2.30. The van der Waals surface area contributed by atoms with Crippen molar-refractivity contribution in [2.45, 2.75) is 16.6 Å². The maximum absolute atomic E-state index is 14.6. The lowest BCUT2D eigenvalue weighted by Crippen LogP contribution is -2.07. The van der Waals surface area contributed by atoms with Gasteiger partial charge in [0.05, 0.1) is 16.3 Å². The SMILES string of the molecule is O=C(CO)c1cc(F)c(Sc2nnc(-c3cccs3)n2Cc2ccccc2)c(F)c1. The van der Waals surface area contributed by atoms with Crippen LogP contribution in [-0.4, -0.2) is 32.3 Å². The molecule has 2 aromatic heterocycles. The molecule has 2 heterocycles. The number of aromatic nitrogens is 3. The predicted octanol–water partition coefficient (Wildman–Crippen LogP) is 4.66. The molecule has 0 radical (unpaired) electrons. The number of Topliss-reactive ketones (excluding diaryl/α,β-unsaturated/α-hetero) is 1. The van der Waals surface area contributed by atoms with Gasteiger partial charge in [0.2, 0.25) is 0 Å². The van der Waals surface area contributed by atoms with E-state index in [0.29, 0.717) is 17.5 Å². The molecule has 2 aromatic carbocycles. The summed E-state index contributed by atoms with van der Waals surface area (Å²) in [6.45, 7) is -0.394. The Morgan fingerprint density at radius 2 is 1.80 bits per heavy atom. The molecule has 5 nitrogen and oxygen atoms in total. The molecule has 0 fully saturated rings. The second-order valence-electron chi connectivity index (χ2n) is 6.31. The van der Waals surface area contributed by atoms with Crippen LogP contribution in [0.5, 0.6) is 0 Å². The van der Waals surface area contributed by atoms with E-state index in [9.17, 15) is 13.6 Å². The van der Waals surface area contributed by atoms with Crippen molar-refractivity contribution in [3.05, 3.63) is 82.7 Å². The van der Waals surface area contributed by atoms with Gasteiger partial charge in [0, 0.05) is 5.56 Å². The molecule has 152 valence electrons. The minimum Gasteiger partial charge on any atom is -0.388 e. The van der Waals surface area contributed by atoms with Gasteiger partial charge in [0.15, 0.2) is 16.8 Å². The van der Waals surface area contributed by atoms with E-state index in [4.69, 9.17) is 5.11 Å². The lowest BCUT2D eigenvalue weighted by molar-refractivity contribution is 0.0902. The van der Waals surface area contributed by atoms with Gasteiger partial charge in [-0.1, -0.05) is 36.4 Å². The third kappa shape index (κ3) is 4.18. The van der Waals surface area contributed by atoms with Crippen LogP contribution >= 0.6 is 23.1 Å². The van der Waals surface area contributed by atoms with Gasteiger partial charge in [0.1, 0.15) is 18.2 Å². The molecule has 0 saturated carbocycles. The van der Waals surface area contributed by atoms with E-state index in [-0.39, 0.29) is 10.5 Å². The van der Waals surface area contributed by atoms with Gasteiger partial charge in [-0.2, -0.15) is 0 Å². The van der Waals surface area contributed by atoms with Gasteiger partial charge in [-0.15, -0.1) is 21.5 Å². The molecule has 30 heavy (non-hydrogen) atoms. The van der Waals surface area contributed by atoms with Crippen molar-refractivity contribution >= 4 is 28.9 Å². The molecule has 0 saturated heterocycles. The van der Waals surface area contributed by atoms with Crippen LogP contribution in [0.1, 0.15) is 15.9 Å². The largest absolute Gasteiger partial charge is 0.388 e. The molecule has 1 N–H and O–H groups in total. The summed E-state index contributed by atoms with van der Waals surface area (Å²) in [5.41, 5.74) is 0.767. The summed E-state index contributed by atoms with van der Waals surface area (Å²) in [7, 11) is 0. The summed E-state index contributed by atoms with van der Waals surface area (Å²) in [6.07, 6.45) is 0. The Morgan fingerprint density at radius 3 is 2.43 bits per heavy atom. The molecule has 0 amide bonds. The molecular weight excluding hydrogens is 428 g/mol. The van der Waals surface area contributed by atoms with Gasteiger partial charge in [0.25, 0.3) is 0 Å². The number of carbonyl (C=O) groups is 1. The Balaban J connectivity index is 1.74. The number of aliphatic hydroxyl groups excluding tert-OH is 1. The van der Waals surface area contributed by atoms with Crippen molar-refractivity contribution in [3.8, 4) is 10.7 Å². The third-order valence-corrected chi connectivity index (χ3v) is 6.24. The van der Waals surface area contributed by atoms with Crippen LogP contribution in [0.2, 0.25) is 0 Å². The highest BCUT2D eigenvalue weighted by Crippen LogP contribution is 2.35. The fraction of sp³-hybridized carbons (Fsp3) is 0.0952. The van der Waals surface area contributed by atoms with Crippen molar-refractivity contribution in [2.24, 2.45) is 0 Å². The molecular formula is C21H15F2N3O2S2. The highest BCUT2D eigenvalue weighted by atomic mass is 32.2. The number of nitrogens with zero attached hydrogens (tertiary/aromatic N) is 3. The Morgan fingerprint density at radius 1 is 1.07 bits per heavy atom. The number of benzene rings is 2. The van der Waals surface area contributed by atoms with Gasteiger partial charge in [-0.25, -0.2) is 8.78 Å². The lowest BCUT2D eigenvalue weighted by Gasteiger charge is -2.11. The topological polar surface area (TPSA) is 68.0 Å². The number of thiophene rings is 1. The van der Waals surface area contributed by atoms with Crippen molar-refractivity contribution in [1.82, 2.24) is 14.8 Å². The molecule has 0 aliphatic rings. The number of aliphatic hydroxyl groups is 1. The minimum atomic E-state index is -0.899. The van der Waals surface area contributed by atoms with Crippen LogP contribution in [0.4, 0.5) is 8.78 Å². The first-order valence-electron chi connectivity index (χ1n) is 8.88. The van der Waals surface area contributed by atoms with E-state index < -0.39 is 24.0 Å². The number of rotatable bonds is 7. The van der Waals surface area contributed by atoms with Gasteiger partial charge >= 0.3 is 0 Å². The first kappa shape index (κ1) is 20.4. The van der Waals surface area contributed by atoms with Gasteiger partial charge in [-0.3, -0.25) is 9.36 Å². The number of hydrogen-bond acceptors (Lipinski definition) is 6. The smallest absolute Gasteiger partial charge is 0.196 e. The van der Waals surface area contributed by atoms with E-state index in [0.717, 1.165) is 34.3 Å². The second kappa shape index (κ2) is 8.86. The van der Waals surface area contributed by atoms with Crippen LogP contribution in [0.15, 0.2) is 70.0 Å². The first-order chi connectivity index (χ1) is 14.6. The monoisotopic (exact) mass is 443 g/mol. The summed E-state index contributed by atoms with van der Waals surface area (Å²) < 4.78 is 31.0. The minimum absolute atomic E-state index is 0.220. The Bertz CT molecular complexity index is 1160. The average Bonchev–Trinajstić information content (AvgIpc) is 3.41. The number of ketones is 1. The van der Waals surface area contributed by atoms with Crippen LogP contribution in [0.25, 0.3) is 10.7 Å². The molecule has 0 aliphatic carbocycles. The third-order valence-electron chi connectivity index (χ3n) is 4.30. The molecule has 4 rings (SSSR count). The molecule has 0 unspecified atom stereocenters. The first-order valence-corrected chi connectivity index (χ1v) is 10.6. The fourth-order valence-corrected chi connectivity index (χ4v) is 4.42. The van der Waals surface area contributed by atoms with Crippen LogP contribution < -0.4 is 0 Å². The average molecular weight is 444 g/mol. The fourth-order valence-electron chi connectivity index (χ4n) is 2.86. The Labute approximate surface area is 179 Å².